The van der Waals surface area contributed by atoms with Gasteiger partial charge in [-0.2, -0.15) is 0 Å². The lowest BCUT2D eigenvalue weighted by Gasteiger charge is -2.28. The summed E-state index contributed by atoms with van der Waals surface area (Å²) in [7, 11) is 0. The fraction of sp³-hybridized carbons (Fsp3) is 0.0870. The molecule has 28 heavy (non-hydrogen) atoms. The first kappa shape index (κ1) is 17.7. The molecule has 0 spiro atoms. The summed E-state index contributed by atoms with van der Waals surface area (Å²) in [6, 6.07) is 21.1. The molecule has 5 heteroatoms. The van der Waals surface area contributed by atoms with Gasteiger partial charge in [0.05, 0.1) is 17.3 Å². The average molecular weight is 371 g/mol. The van der Waals surface area contributed by atoms with Crippen molar-refractivity contribution in [2.24, 2.45) is 16.5 Å². The number of allylic oxidation sites excluding steroid dienone is 1. The second-order valence-corrected chi connectivity index (χ2v) is 6.76. The first-order valence-electron chi connectivity index (χ1n) is 8.99. The van der Waals surface area contributed by atoms with E-state index >= 15 is 0 Å². The van der Waals surface area contributed by atoms with E-state index in [0.29, 0.717) is 17.0 Å². The van der Waals surface area contributed by atoms with E-state index in [4.69, 9.17) is 16.2 Å². The van der Waals surface area contributed by atoms with Crippen molar-refractivity contribution in [3.8, 4) is 11.5 Å². The number of aromatic hydroxyl groups is 1. The highest BCUT2D eigenvalue weighted by Crippen LogP contribution is 2.42. The molecule has 4 rings (SSSR count). The Bertz CT molecular complexity index is 1090. The van der Waals surface area contributed by atoms with Crippen molar-refractivity contribution in [1.29, 1.82) is 0 Å². The van der Waals surface area contributed by atoms with Crippen molar-refractivity contribution in [2.75, 3.05) is 0 Å². The molecule has 1 aliphatic heterocycles. The van der Waals surface area contributed by atoms with Gasteiger partial charge in [-0.1, -0.05) is 48.5 Å². The van der Waals surface area contributed by atoms with Crippen LogP contribution in [0.1, 0.15) is 28.2 Å². The molecule has 140 valence electrons. The number of aryl methyl sites for hydroxylation is 1. The number of benzene rings is 3. The fourth-order valence-corrected chi connectivity index (χ4v) is 3.36. The third-order valence-electron chi connectivity index (χ3n) is 4.88. The number of nitrogens with zero attached hydrogens (tertiary/aromatic N) is 1. The zero-order valence-corrected chi connectivity index (χ0v) is 15.5. The van der Waals surface area contributed by atoms with Gasteiger partial charge in [0.15, 0.2) is 0 Å². The van der Waals surface area contributed by atoms with Crippen LogP contribution >= 0.6 is 0 Å². The van der Waals surface area contributed by atoms with E-state index in [1.807, 2.05) is 67.6 Å². The summed E-state index contributed by atoms with van der Waals surface area (Å²) in [5.74, 6) is 0.459. The maximum atomic E-state index is 10.5. The van der Waals surface area contributed by atoms with Crippen LogP contribution in [0.15, 0.2) is 83.3 Å². The third-order valence-corrected chi connectivity index (χ3v) is 4.88. The molecule has 1 heterocycles. The molecule has 0 aliphatic carbocycles. The molecule has 3 aromatic carbocycles. The smallest absolute Gasteiger partial charge is 0.210 e. The number of fused-ring (bicyclic) bond motifs is 1. The number of ether oxygens (including phenoxy) is 1. The van der Waals surface area contributed by atoms with E-state index in [9.17, 15) is 5.11 Å². The largest absolute Gasteiger partial charge is 0.507 e. The van der Waals surface area contributed by atoms with Gasteiger partial charge >= 0.3 is 0 Å². The summed E-state index contributed by atoms with van der Waals surface area (Å²) in [4.78, 5) is 4.52. The van der Waals surface area contributed by atoms with E-state index in [2.05, 4.69) is 4.99 Å². The van der Waals surface area contributed by atoms with Gasteiger partial charge in [0.1, 0.15) is 11.5 Å². The molecule has 0 saturated carbocycles. The summed E-state index contributed by atoms with van der Waals surface area (Å²) in [6.45, 7) is 1.99. The summed E-state index contributed by atoms with van der Waals surface area (Å²) < 4.78 is 5.64. The highest BCUT2D eigenvalue weighted by atomic mass is 16.5. The van der Waals surface area contributed by atoms with Gasteiger partial charge < -0.3 is 21.3 Å². The zero-order valence-electron chi connectivity index (χ0n) is 15.5. The number of nitrogens with two attached hydrogens (primary N) is 2. The molecular weight excluding hydrogens is 350 g/mol. The van der Waals surface area contributed by atoms with Crippen LogP contribution in [0.5, 0.6) is 11.5 Å². The number of phenols is 1. The molecule has 1 atom stereocenters. The quantitative estimate of drug-likeness (QED) is 0.605. The highest BCUT2D eigenvalue weighted by Gasteiger charge is 2.29. The Morgan fingerprint density at radius 3 is 2.46 bits per heavy atom. The minimum absolute atomic E-state index is 0.0659. The highest BCUT2D eigenvalue weighted by molar-refractivity contribution is 5.87. The second kappa shape index (κ2) is 7.12. The molecule has 0 fully saturated rings. The van der Waals surface area contributed by atoms with Crippen molar-refractivity contribution >= 4 is 11.9 Å². The van der Waals surface area contributed by atoms with Crippen LogP contribution in [-0.2, 0) is 0 Å². The van der Waals surface area contributed by atoms with E-state index in [0.717, 1.165) is 22.4 Å². The molecule has 1 aliphatic rings. The average Bonchev–Trinajstić information content (AvgIpc) is 2.70. The molecule has 5 N–H and O–H groups in total. The molecule has 5 nitrogen and oxygen atoms in total. The molecule has 0 saturated heterocycles. The molecule has 3 aromatic rings. The van der Waals surface area contributed by atoms with Crippen LogP contribution in [0, 0.1) is 6.92 Å². The SMILES string of the molecule is Cc1ccccc1N=Cc1cc2c(cc1O)OC(N)=C(N)C2c1ccccc1. The number of phenolic OH excluding ortho intramolecular Hbond substituents is 1. The van der Waals surface area contributed by atoms with Crippen LogP contribution in [0.4, 0.5) is 5.69 Å². The Kier molecular flexibility index (Phi) is 4.49. The number of para-hydroxylation sites is 1. The van der Waals surface area contributed by atoms with Crippen molar-refractivity contribution in [2.45, 2.75) is 12.8 Å². The Labute approximate surface area is 163 Å². The van der Waals surface area contributed by atoms with Crippen LogP contribution in [0.3, 0.4) is 0 Å². The summed E-state index contributed by atoms with van der Waals surface area (Å²) in [6.07, 6.45) is 1.65. The second-order valence-electron chi connectivity index (χ2n) is 6.76. The number of rotatable bonds is 3. The molecule has 0 radical (unpaired) electrons. The van der Waals surface area contributed by atoms with Gasteiger partial charge in [-0.3, -0.25) is 4.99 Å². The van der Waals surface area contributed by atoms with Crippen LogP contribution in [-0.4, -0.2) is 11.3 Å². The third kappa shape index (κ3) is 3.18. The van der Waals surface area contributed by atoms with E-state index < -0.39 is 0 Å². The van der Waals surface area contributed by atoms with Crippen LogP contribution in [0.25, 0.3) is 0 Å². The normalized spacial score (nSPS) is 16.1. The maximum absolute atomic E-state index is 10.5. The molecule has 0 aromatic heterocycles. The Morgan fingerprint density at radius 1 is 1.00 bits per heavy atom. The van der Waals surface area contributed by atoms with Crippen molar-refractivity contribution in [3.63, 3.8) is 0 Å². The van der Waals surface area contributed by atoms with Gasteiger partial charge in [0.2, 0.25) is 5.88 Å². The Hall–Kier alpha value is -3.73. The molecule has 1 unspecified atom stereocenters. The van der Waals surface area contributed by atoms with Gasteiger partial charge in [-0.15, -0.1) is 0 Å². The monoisotopic (exact) mass is 371 g/mol. The Morgan fingerprint density at radius 2 is 1.71 bits per heavy atom. The lowest BCUT2D eigenvalue weighted by molar-refractivity contribution is 0.383. The zero-order chi connectivity index (χ0) is 19.7. The van der Waals surface area contributed by atoms with Gasteiger partial charge in [0, 0.05) is 23.4 Å². The van der Waals surface area contributed by atoms with E-state index in [-0.39, 0.29) is 17.6 Å². The lowest BCUT2D eigenvalue weighted by atomic mass is 9.86. The summed E-state index contributed by atoms with van der Waals surface area (Å²) in [5.41, 5.74) is 17.0. The fourth-order valence-electron chi connectivity index (χ4n) is 3.36. The van der Waals surface area contributed by atoms with Gasteiger partial charge in [0.25, 0.3) is 0 Å². The van der Waals surface area contributed by atoms with Crippen molar-refractivity contribution < 1.29 is 9.84 Å². The minimum atomic E-state index is -0.254. The molecular formula is C23H21N3O2. The minimum Gasteiger partial charge on any atom is -0.507 e. The van der Waals surface area contributed by atoms with Crippen LogP contribution in [0.2, 0.25) is 0 Å². The standard InChI is InChI=1S/C23H21N3O2/c1-14-7-5-6-10-18(14)26-13-16-11-17-20(12-19(16)27)28-23(25)22(24)21(17)15-8-3-2-4-9-15/h2-13,21,27H,24-25H2,1H3. The summed E-state index contributed by atoms with van der Waals surface area (Å²) in [5, 5.41) is 10.5. The Balaban J connectivity index is 1.80. The van der Waals surface area contributed by atoms with E-state index in [1.165, 1.54) is 0 Å². The van der Waals surface area contributed by atoms with Crippen molar-refractivity contribution in [1.82, 2.24) is 0 Å². The first-order chi connectivity index (χ1) is 13.5. The van der Waals surface area contributed by atoms with Crippen molar-refractivity contribution in [3.05, 3.63) is 101 Å². The number of aliphatic imine (C=N–C) groups is 1. The molecule has 0 bridgehead atoms. The maximum Gasteiger partial charge on any atom is 0.210 e. The molecule has 0 amide bonds. The van der Waals surface area contributed by atoms with Gasteiger partial charge in [-0.25, -0.2) is 0 Å². The number of hydrogen-bond donors (Lipinski definition) is 3. The van der Waals surface area contributed by atoms with Gasteiger partial charge in [-0.05, 0) is 30.2 Å². The summed E-state index contributed by atoms with van der Waals surface area (Å²) >= 11 is 0. The predicted octanol–water partition coefficient (Wildman–Crippen LogP) is 4.06. The van der Waals surface area contributed by atoms with Crippen LogP contribution < -0.4 is 16.2 Å². The predicted molar refractivity (Wildman–Crippen MR) is 111 cm³/mol. The number of hydrogen-bond acceptors (Lipinski definition) is 5. The van der Waals surface area contributed by atoms with E-state index in [1.54, 1.807) is 12.3 Å². The first-order valence-corrected chi connectivity index (χ1v) is 8.99. The topological polar surface area (TPSA) is 93.9 Å². The lowest BCUT2D eigenvalue weighted by Crippen LogP contribution is -2.26.